The Bertz CT molecular complexity index is 1060. The molecule has 2 aromatic rings. The summed E-state index contributed by atoms with van der Waals surface area (Å²) >= 11 is 0. The monoisotopic (exact) mass is 427 g/mol. The van der Waals surface area contributed by atoms with Crippen LogP contribution in [0.4, 0.5) is 17.1 Å². The molecule has 3 aliphatic rings. The van der Waals surface area contributed by atoms with E-state index in [1.54, 1.807) is 35.2 Å². The van der Waals surface area contributed by atoms with Crippen LogP contribution in [-0.2, 0) is 26.0 Å². The number of nitrogens with one attached hydrogen (secondary N) is 1. The van der Waals surface area contributed by atoms with Crippen molar-refractivity contribution in [2.45, 2.75) is 24.2 Å². The SMILES string of the molecule is O=C(C1CC1)N1CCc2cc(S(=O)(=O)Nc3ccc(N4CCOCC4)cc3)ccc21. The summed E-state index contributed by atoms with van der Waals surface area (Å²) in [5, 5.41) is 0. The molecule has 5 rings (SSSR count). The van der Waals surface area contributed by atoms with Crippen LogP contribution in [0.5, 0.6) is 0 Å². The predicted molar refractivity (Wildman–Crippen MR) is 116 cm³/mol. The van der Waals surface area contributed by atoms with Gasteiger partial charge in [-0.25, -0.2) is 8.42 Å². The highest BCUT2D eigenvalue weighted by atomic mass is 32.2. The minimum atomic E-state index is -3.70. The molecule has 1 N–H and O–H groups in total. The molecule has 2 fully saturated rings. The van der Waals surface area contributed by atoms with Crippen molar-refractivity contribution in [3.63, 3.8) is 0 Å². The molecule has 2 aromatic carbocycles. The molecule has 0 atom stereocenters. The minimum Gasteiger partial charge on any atom is -0.378 e. The summed E-state index contributed by atoms with van der Waals surface area (Å²) in [6.07, 6.45) is 2.61. The van der Waals surface area contributed by atoms with Gasteiger partial charge in [0, 0.05) is 42.6 Å². The molecule has 1 saturated heterocycles. The van der Waals surface area contributed by atoms with Crippen molar-refractivity contribution in [1.29, 1.82) is 0 Å². The van der Waals surface area contributed by atoms with Gasteiger partial charge in [0.25, 0.3) is 10.0 Å². The number of hydrogen-bond donors (Lipinski definition) is 1. The summed E-state index contributed by atoms with van der Waals surface area (Å²) in [5.74, 6) is 0.323. The third-order valence-electron chi connectivity index (χ3n) is 5.95. The molecule has 2 heterocycles. The molecule has 0 radical (unpaired) electrons. The van der Waals surface area contributed by atoms with Crippen molar-refractivity contribution < 1.29 is 17.9 Å². The lowest BCUT2D eigenvalue weighted by molar-refractivity contribution is -0.119. The first-order chi connectivity index (χ1) is 14.5. The number of rotatable bonds is 5. The van der Waals surface area contributed by atoms with Crippen LogP contribution in [0.1, 0.15) is 18.4 Å². The molecule has 30 heavy (non-hydrogen) atoms. The predicted octanol–water partition coefficient (Wildman–Crippen LogP) is 2.62. The standard InChI is InChI=1S/C22H25N3O4S/c26-22(16-1-2-16)25-10-9-17-15-20(7-8-21(17)25)30(27,28)23-18-3-5-19(6-4-18)24-11-13-29-14-12-24/h3-8,15-16,23H,1-2,9-14H2. The molecule has 158 valence electrons. The van der Waals surface area contributed by atoms with Crippen LogP contribution in [0.15, 0.2) is 47.4 Å². The summed E-state index contributed by atoms with van der Waals surface area (Å²) in [7, 11) is -3.70. The fourth-order valence-electron chi connectivity index (χ4n) is 4.10. The van der Waals surface area contributed by atoms with E-state index in [4.69, 9.17) is 4.74 Å². The lowest BCUT2D eigenvalue weighted by Gasteiger charge is -2.28. The van der Waals surface area contributed by atoms with Crippen molar-refractivity contribution in [2.24, 2.45) is 5.92 Å². The molecule has 1 saturated carbocycles. The van der Waals surface area contributed by atoms with Gasteiger partial charge < -0.3 is 14.5 Å². The number of fused-ring (bicyclic) bond motifs is 1. The smallest absolute Gasteiger partial charge is 0.261 e. The number of nitrogens with zero attached hydrogens (tertiary/aromatic N) is 2. The Balaban J connectivity index is 1.31. The van der Waals surface area contributed by atoms with Crippen LogP contribution in [0.25, 0.3) is 0 Å². The maximum Gasteiger partial charge on any atom is 0.261 e. The summed E-state index contributed by atoms with van der Waals surface area (Å²) in [6, 6.07) is 12.5. The highest BCUT2D eigenvalue weighted by Gasteiger charge is 2.36. The summed E-state index contributed by atoms with van der Waals surface area (Å²) in [6.45, 7) is 3.71. The van der Waals surface area contributed by atoms with E-state index < -0.39 is 10.0 Å². The number of anilines is 3. The Labute approximate surface area is 176 Å². The van der Waals surface area contributed by atoms with Gasteiger partial charge in [-0.15, -0.1) is 0 Å². The van der Waals surface area contributed by atoms with Crippen molar-refractivity contribution in [1.82, 2.24) is 0 Å². The number of hydrogen-bond acceptors (Lipinski definition) is 5. The topological polar surface area (TPSA) is 79.0 Å². The molecular formula is C22H25N3O4S. The first-order valence-electron chi connectivity index (χ1n) is 10.4. The maximum atomic E-state index is 12.9. The van der Waals surface area contributed by atoms with Crippen LogP contribution in [0.3, 0.4) is 0 Å². The highest BCUT2D eigenvalue weighted by molar-refractivity contribution is 7.92. The van der Waals surface area contributed by atoms with Gasteiger partial charge in [0.2, 0.25) is 5.91 Å². The van der Waals surface area contributed by atoms with Gasteiger partial charge in [-0.3, -0.25) is 9.52 Å². The number of ether oxygens (including phenoxy) is 1. The lowest BCUT2D eigenvalue weighted by atomic mass is 10.2. The molecule has 0 unspecified atom stereocenters. The number of carbonyl (C=O) groups is 1. The van der Waals surface area contributed by atoms with E-state index in [0.29, 0.717) is 31.9 Å². The second kappa shape index (κ2) is 7.59. The van der Waals surface area contributed by atoms with E-state index in [1.165, 1.54) is 0 Å². The molecule has 0 bridgehead atoms. The molecule has 1 amide bonds. The number of carbonyl (C=O) groups excluding carboxylic acids is 1. The minimum absolute atomic E-state index is 0.154. The molecule has 2 aliphatic heterocycles. The summed E-state index contributed by atoms with van der Waals surface area (Å²) in [4.78, 5) is 16.7. The normalized spacial score (nSPS) is 18.9. The van der Waals surface area contributed by atoms with Crippen molar-refractivity contribution >= 4 is 33.0 Å². The van der Waals surface area contributed by atoms with Crippen LogP contribution in [-0.4, -0.2) is 47.2 Å². The van der Waals surface area contributed by atoms with E-state index in [-0.39, 0.29) is 16.7 Å². The van der Waals surface area contributed by atoms with Crippen LogP contribution >= 0.6 is 0 Å². The Morgan fingerprint density at radius 1 is 1.00 bits per heavy atom. The Kier molecular flexibility index (Phi) is 4.91. The molecule has 1 aliphatic carbocycles. The third kappa shape index (κ3) is 3.77. The number of sulfonamides is 1. The maximum absolute atomic E-state index is 12.9. The fraction of sp³-hybridized carbons (Fsp3) is 0.409. The molecular weight excluding hydrogens is 402 g/mol. The zero-order valence-electron chi connectivity index (χ0n) is 16.7. The average Bonchev–Trinajstić information content (AvgIpc) is 3.53. The van der Waals surface area contributed by atoms with Crippen molar-refractivity contribution in [3.8, 4) is 0 Å². The summed E-state index contributed by atoms with van der Waals surface area (Å²) in [5.41, 5.74) is 3.34. The first kappa shape index (κ1) is 19.4. The van der Waals surface area contributed by atoms with Crippen LogP contribution in [0.2, 0.25) is 0 Å². The molecule has 0 spiro atoms. The first-order valence-corrected chi connectivity index (χ1v) is 11.9. The zero-order valence-corrected chi connectivity index (χ0v) is 17.5. The van der Waals surface area contributed by atoms with Gasteiger partial charge in [0.05, 0.1) is 18.1 Å². The zero-order chi connectivity index (χ0) is 20.7. The van der Waals surface area contributed by atoms with Crippen LogP contribution in [0, 0.1) is 5.92 Å². The van der Waals surface area contributed by atoms with Gasteiger partial charge in [0.15, 0.2) is 0 Å². The third-order valence-corrected chi connectivity index (χ3v) is 7.32. The molecule has 8 heteroatoms. The number of morpholine rings is 1. The summed E-state index contributed by atoms with van der Waals surface area (Å²) < 4.78 is 33.8. The van der Waals surface area contributed by atoms with Crippen molar-refractivity contribution in [2.75, 3.05) is 47.4 Å². The quantitative estimate of drug-likeness (QED) is 0.794. The van der Waals surface area contributed by atoms with Gasteiger partial charge in [0.1, 0.15) is 0 Å². The highest BCUT2D eigenvalue weighted by Crippen LogP contribution is 2.37. The van der Waals surface area contributed by atoms with E-state index in [0.717, 1.165) is 42.9 Å². The second-order valence-corrected chi connectivity index (χ2v) is 9.74. The van der Waals surface area contributed by atoms with E-state index >= 15 is 0 Å². The van der Waals surface area contributed by atoms with E-state index in [2.05, 4.69) is 9.62 Å². The Morgan fingerprint density at radius 3 is 2.43 bits per heavy atom. The van der Waals surface area contributed by atoms with Gasteiger partial charge >= 0.3 is 0 Å². The van der Waals surface area contributed by atoms with Gasteiger partial charge in [-0.1, -0.05) is 0 Å². The average molecular weight is 428 g/mol. The van der Waals surface area contributed by atoms with E-state index in [9.17, 15) is 13.2 Å². The molecule has 0 aromatic heterocycles. The number of amides is 1. The van der Waals surface area contributed by atoms with Crippen molar-refractivity contribution in [3.05, 3.63) is 48.0 Å². The molecule has 7 nitrogen and oxygen atoms in total. The second-order valence-electron chi connectivity index (χ2n) is 8.06. The van der Waals surface area contributed by atoms with E-state index in [1.807, 2.05) is 12.1 Å². The van der Waals surface area contributed by atoms with Crippen LogP contribution < -0.4 is 14.5 Å². The fourth-order valence-corrected chi connectivity index (χ4v) is 5.21. The number of benzene rings is 2. The lowest BCUT2D eigenvalue weighted by Crippen LogP contribution is -2.36. The largest absolute Gasteiger partial charge is 0.378 e. The Morgan fingerprint density at radius 2 is 1.73 bits per heavy atom. The van der Waals surface area contributed by atoms with Gasteiger partial charge in [-0.2, -0.15) is 0 Å². The van der Waals surface area contributed by atoms with Gasteiger partial charge in [-0.05, 0) is 67.3 Å². The Hall–Kier alpha value is -2.58.